The van der Waals surface area contributed by atoms with Crippen LogP contribution in [0, 0.1) is 0 Å². The third-order valence-corrected chi connectivity index (χ3v) is 2.73. The molecule has 0 aromatic heterocycles. The van der Waals surface area contributed by atoms with Crippen molar-refractivity contribution in [3.05, 3.63) is 43.0 Å². The third-order valence-electron chi connectivity index (χ3n) is 2.73. The first-order valence-electron chi connectivity index (χ1n) is 6.50. The number of hydrogen-bond acceptors (Lipinski definition) is 4. The van der Waals surface area contributed by atoms with E-state index in [0.29, 0.717) is 13.2 Å². The van der Waals surface area contributed by atoms with Crippen LogP contribution >= 0.6 is 0 Å². The smallest absolute Gasteiger partial charge is 0.330 e. The van der Waals surface area contributed by atoms with Gasteiger partial charge in [-0.1, -0.05) is 24.8 Å². The van der Waals surface area contributed by atoms with Crippen molar-refractivity contribution >= 4 is 11.7 Å². The minimum absolute atomic E-state index is 0.370. The number of hydrogen-bond donors (Lipinski definition) is 1. The molecule has 4 heteroatoms. The van der Waals surface area contributed by atoms with E-state index in [1.807, 2.05) is 18.2 Å². The largest absolute Gasteiger partial charge is 0.461 e. The quantitative estimate of drug-likeness (QED) is 0.419. The maximum atomic E-state index is 10.8. The molecule has 1 N–H and O–H groups in total. The molecule has 0 radical (unpaired) electrons. The summed E-state index contributed by atoms with van der Waals surface area (Å²) in [7, 11) is 2.08. The highest BCUT2D eigenvalue weighted by Gasteiger charge is 1.99. The van der Waals surface area contributed by atoms with Gasteiger partial charge < -0.3 is 15.0 Å². The highest BCUT2D eigenvalue weighted by atomic mass is 16.5. The predicted octanol–water partition coefficient (Wildman–Crippen LogP) is 1.83. The summed E-state index contributed by atoms with van der Waals surface area (Å²) in [5, 5.41) is 3.23. The average Bonchev–Trinajstić information content (AvgIpc) is 2.46. The van der Waals surface area contributed by atoms with Crippen molar-refractivity contribution in [1.82, 2.24) is 5.32 Å². The number of anilines is 1. The fourth-order valence-electron chi connectivity index (χ4n) is 1.66. The Balaban J connectivity index is 2.02. The van der Waals surface area contributed by atoms with E-state index in [1.54, 1.807) is 0 Å². The number of nitrogens with zero attached hydrogens (tertiary/aromatic N) is 1. The second kappa shape index (κ2) is 9.16. The second-order valence-corrected chi connectivity index (χ2v) is 4.23. The van der Waals surface area contributed by atoms with Crippen LogP contribution in [0.3, 0.4) is 0 Å². The minimum Gasteiger partial charge on any atom is -0.461 e. The van der Waals surface area contributed by atoms with Gasteiger partial charge in [0.25, 0.3) is 0 Å². The summed E-state index contributed by atoms with van der Waals surface area (Å²) in [6.07, 6.45) is 2.22. The Bertz CT molecular complexity index is 379. The molecule has 0 aliphatic heterocycles. The zero-order chi connectivity index (χ0) is 13.9. The van der Waals surface area contributed by atoms with Gasteiger partial charge in [-0.05, 0) is 25.1 Å². The van der Waals surface area contributed by atoms with Gasteiger partial charge in [-0.3, -0.25) is 0 Å². The molecule has 1 rings (SSSR count). The molecule has 0 saturated heterocycles. The molecule has 1 aromatic carbocycles. The average molecular weight is 262 g/mol. The molecule has 19 heavy (non-hydrogen) atoms. The minimum atomic E-state index is -0.370. The summed E-state index contributed by atoms with van der Waals surface area (Å²) in [4.78, 5) is 13.0. The van der Waals surface area contributed by atoms with Gasteiger partial charge in [-0.2, -0.15) is 0 Å². The van der Waals surface area contributed by atoms with E-state index in [-0.39, 0.29) is 5.97 Å². The van der Waals surface area contributed by atoms with Gasteiger partial charge in [-0.25, -0.2) is 4.79 Å². The molecule has 0 aliphatic carbocycles. The van der Waals surface area contributed by atoms with Crippen LogP contribution in [-0.4, -0.2) is 39.3 Å². The first-order valence-corrected chi connectivity index (χ1v) is 6.50. The van der Waals surface area contributed by atoms with Crippen LogP contribution in [0.4, 0.5) is 5.69 Å². The molecule has 0 amide bonds. The molecule has 0 unspecified atom stereocenters. The summed E-state index contributed by atoms with van der Waals surface area (Å²) < 4.78 is 4.86. The zero-order valence-corrected chi connectivity index (χ0v) is 11.5. The van der Waals surface area contributed by atoms with Crippen LogP contribution in [0.2, 0.25) is 0 Å². The first-order chi connectivity index (χ1) is 9.24. The Morgan fingerprint density at radius 3 is 2.79 bits per heavy atom. The number of esters is 1. The molecular formula is C15H22N2O2. The van der Waals surface area contributed by atoms with E-state index in [0.717, 1.165) is 19.5 Å². The Morgan fingerprint density at radius 2 is 2.11 bits per heavy atom. The standard InChI is InChI=1S/C15H22N2O2/c1-3-15(18)19-13-11-16-10-7-12-17(2)14-8-5-4-6-9-14/h3-6,8-9,16H,1,7,10-13H2,2H3. The molecule has 0 aliphatic rings. The summed E-state index contributed by atoms with van der Waals surface area (Å²) in [6.45, 7) is 6.30. The van der Waals surface area contributed by atoms with Gasteiger partial charge in [-0.15, -0.1) is 0 Å². The van der Waals surface area contributed by atoms with Crippen LogP contribution < -0.4 is 10.2 Å². The molecule has 0 bridgehead atoms. The van der Waals surface area contributed by atoms with E-state index >= 15 is 0 Å². The number of rotatable bonds is 9. The van der Waals surface area contributed by atoms with Crippen molar-refractivity contribution in [2.45, 2.75) is 6.42 Å². The number of ether oxygens (including phenoxy) is 1. The fraction of sp³-hybridized carbons (Fsp3) is 0.400. The number of carbonyl (C=O) groups excluding carboxylic acids is 1. The van der Waals surface area contributed by atoms with Gasteiger partial charge >= 0.3 is 5.97 Å². The van der Waals surface area contributed by atoms with Crippen LogP contribution in [0.1, 0.15) is 6.42 Å². The lowest BCUT2D eigenvalue weighted by Crippen LogP contribution is -2.26. The zero-order valence-electron chi connectivity index (χ0n) is 11.5. The molecule has 104 valence electrons. The van der Waals surface area contributed by atoms with Gasteiger partial charge in [0, 0.05) is 31.9 Å². The highest BCUT2D eigenvalue weighted by Crippen LogP contribution is 2.10. The second-order valence-electron chi connectivity index (χ2n) is 4.23. The van der Waals surface area contributed by atoms with Crippen molar-refractivity contribution in [3.63, 3.8) is 0 Å². The molecule has 0 fully saturated rings. The summed E-state index contributed by atoms with van der Waals surface area (Å²) in [5.41, 5.74) is 1.22. The first kappa shape index (κ1) is 15.2. The van der Waals surface area contributed by atoms with Crippen molar-refractivity contribution < 1.29 is 9.53 Å². The number of nitrogens with one attached hydrogen (secondary N) is 1. The molecule has 4 nitrogen and oxygen atoms in total. The van der Waals surface area contributed by atoms with Crippen molar-refractivity contribution in [3.8, 4) is 0 Å². The van der Waals surface area contributed by atoms with Crippen LogP contribution in [0.15, 0.2) is 43.0 Å². The molecule has 0 heterocycles. The maximum Gasteiger partial charge on any atom is 0.330 e. The predicted molar refractivity (Wildman–Crippen MR) is 78.4 cm³/mol. The lowest BCUT2D eigenvalue weighted by Gasteiger charge is -2.19. The normalized spacial score (nSPS) is 9.95. The maximum absolute atomic E-state index is 10.8. The lowest BCUT2D eigenvalue weighted by atomic mass is 10.3. The summed E-state index contributed by atoms with van der Waals surface area (Å²) in [6, 6.07) is 10.3. The highest BCUT2D eigenvalue weighted by molar-refractivity contribution is 5.81. The van der Waals surface area contributed by atoms with E-state index in [9.17, 15) is 4.79 Å². The summed E-state index contributed by atoms with van der Waals surface area (Å²) >= 11 is 0. The van der Waals surface area contributed by atoms with Gasteiger partial charge in [0.2, 0.25) is 0 Å². The van der Waals surface area contributed by atoms with E-state index in [1.165, 1.54) is 11.8 Å². The Kier molecular flexibility index (Phi) is 7.35. The Labute approximate surface area is 115 Å². The van der Waals surface area contributed by atoms with Crippen LogP contribution in [0.25, 0.3) is 0 Å². The lowest BCUT2D eigenvalue weighted by molar-refractivity contribution is -0.137. The van der Waals surface area contributed by atoms with E-state index < -0.39 is 0 Å². The SMILES string of the molecule is C=CC(=O)OCCNCCCN(C)c1ccccc1. The summed E-state index contributed by atoms with van der Waals surface area (Å²) in [5.74, 6) is -0.370. The van der Waals surface area contributed by atoms with Gasteiger partial charge in [0.15, 0.2) is 0 Å². The number of para-hydroxylation sites is 1. The number of benzene rings is 1. The van der Waals surface area contributed by atoms with Crippen LogP contribution in [-0.2, 0) is 9.53 Å². The van der Waals surface area contributed by atoms with E-state index in [4.69, 9.17) is 4.74 Å². The number of carbonyl (C=O) groups is 1. The van der Waals surface area contributed by atoms with Crippen LogP contribution in [0.5, 0.6) is 0 Å². The Morgan fingerprint density at radius 1 is 1.37 bits per heavy atom. The Hall–Kier alpha value is -1.81. The monoisotopic (exact) mass is 262 g/mol. The van der Waals surface area contributed by atoms with E-state index in [2.05, 4.69) is 36.0 Å². The molecule has 1 aromatic rings. The topological polar surface area (TPSA) is 41.6 Å². The molecule has 0 atom stereocenters. The van der Waals surface area contributed by atoms with Gasteiger partial charge in [0.1, 0.15) is 6.61 Å². The molecule has 0 saturated carbocycles. The third kappa shape index (κ3) is 6.62. The molecular weight excluding hydrogens is 240 g/mol. The van der Waals surface area contributed by atoms with Crippen molar-refractivity contribution in [2.24, 2.45) is 0 Å². The van der Waals surface area contributed by atoms with Crippen molar-refractivity contribution in [1.29, 1.82) is 0 Å². The molecule has 0 spiro atoms. The van der Waals surface area contributed by atoms with Crippen molar-refractivity contribution in [2.75, 3.05) is 38.2 Å². The van der Waals surface area contributed by atoms with Gasteiger partial charge in [0.05, 0.1) is 0 Å². The fourth-order valence-corrected chi connectivity index (χ4v) is 1.66.